The van der Waals surface area contributed by atoms with E-state index in [9.17, 15) is 4.79 Å². The van der Waals surface area contributed by atoms with Gasteiger partial charge in [0.15, 0.2) is 0 Å². The van der Waals surface area contributed by atoms with Gasteiger partial charge >= 0.3 is 6.03 Å². The van der Waals surface area contributed by atoms with Gasteiger partial charge in [-0.15, -0.1) is 11.3 Å². The number of nitrogens with one attached hydrogen (secondary N) is 3. The molecule has 47 heavy (non-hydrogen) atoms. The summed E-state index contributed by atoms with van der Waals surface area (Å²) in [7, 11) is 0. The number of aryl methyl sites for hydroxylation is 1. The molecule has 2 aromatic carbocycles. The first-order chi connectivity index (χ1) is 22.7. The number of carbonyl (C=O) groups is 1. The molecular formula is C36H36N8O2S. The van der Waals surface area contributed by atoms with Crippen LogP contribution in [0.1, 0.15) is 61.4 Å². The van der Waals surface area contributed by atoms with Crippen molar-refractivity contribution in [1.82, 2.24) is 24.7 Å². The number of fused-ring (bicyclic) bond motifs is 1. The van der Waals surface area contributed by atoms with Gasteiger partial charge in [0, 0.05) is 50.8 Å². The summed E-state index contributed by atoms with van der Waals surface area (Å²) in [5, 5.41) is 17.9. The first kappa shape index (κ1) is 30.4. The molecule has 0 unspecified atom stereocenters. The Hall–Kier alpha value is -5.29. The van der Waals surface area contributed by atoms with Gasteiger partial charge in [-0.05, 0) is 55.7 Å². The Morgan fingerprint density at radius 1 is 1.00 bits per heavy atom. The number of amides is 2. The third-order valence-electron chi connectivity index (χ3n) is 7.94. The molecule has 2 amide bonds. The number of thiophene rings is 1. The number of hydrogen-bond acceptors (Lipinski definition) is 8. The minimum atomic E-state index is -0.360. The van der Waals surface area contributed by atoms with Gasteiger partial charge in [-0.2, -0.15) is 5.10 Å². The van der Waals surface area contributed by atoms with Gasteiger partial charge in [0.25, 0.3) is 0 Å². The number of ether oxygens (including phenoxy) is 1. The van der Waals surface area contributed by atoms with E-state index in [1.807, 2.05) is 66.2 Å². The molecule has 238 valence electrons. The molecule has 0 radical (unpaired) electrons. The fourth-order valence-electron chi connectivity index (χ4n) is 5.29. The lowest BCUT2D eigenvalue weighted by Gasteiger charge is -2.14. The number of benzene rings is 2. The van der Waals surface area contributed by atoms with Crippen molar-refractivity contribution in [1.29, 1.82) is 0 Å². The predicted molar refractivity (Wildman–Crippen MR) is 187 cm³/mol. The van der Waals surface area contributed by atoms with Crippen LogP contribution in [0.2, 0.25) is 0 Å². The number of urea groups is 1. The summed E-state index contributed by atoms with van der Waals surface area (Å²) >= 11 is 1.64. The van der Waals surface area contributed by atoms with Gasteiger partial charge in [0.1, 0.15) is 29.8 Å². The number of anilines is 4. The van der Waals surface area contributed by atoms with E-state index in [1.165, 1.54) is 17.7 Å². The topological polar surface area (TPSA) is 119 Å². The lowest BCUT2D eigenvalue weighted by Crippen LogP contribution is -2.21. The maximum Gasteiger partial charge on any atom is 0.324 e. The molecule has 0 spiro atoms. The number of hydrogen-bond donors (Lipinski definition) is 3. The van der Waals surface area contributed by atoms with Crippen LogP contribution in [0, 0.1) is 6.92 Å². The average molecular weight is 645 g/mol. The maximum atomic E-state index is 13.4. The van der Waals surface area contributed by atoms with E-state index in [1.54, 1.807) is 28.4 Å². The second-order valence-electron chi connectivity index (χ2n) is 12.8. The molecule has 1 aliphatic rings. The molecule has 1 aliphatic carbocycles. The van der Waals surface area contributed by atoms with E-state index in [2.05, 4.69) is 64.7 Å². The number of rotatable bonds is 9. The van der Waals surface area contributed by atoms with Gasteiger partial charge in [-0.3, -0.25) is 10.3 Å². The molecular weight excluding hydrogens is 609 g/mol. The molecule has 6 aromatic rings. The zero-order chi connectivity index (χ0) is 32.5. The van der Waals surface area contributed by atoms with Crippen LogP contribution in [0.5, 0.6) is 5.75 Å². The number of nitrogens with zero attached hydrogens (tertiary/aromatic N) is 5. The number of carbonyl (C=O) groups excluding carboxylic acids is 1. The fraction of sp³-hybridized carbons (Fsp3) is 0.250. The molecule has 4 aromatic heterocycles. The van der Waals surface area contributed by atoms with Crippen molar-refractivity contribution in [2.24, 2.45) is 0 Å². The van der Waals surface area contributed by atoms with Gasteiger partial charge in [-0.1, -0.05) is 45.0 Å². The van der Waals surface area contributed by atoms with Crippen molar-refractivity contribution in [3.05, 3.63) is 106 Å². The van der Waals surface area contributed by atoms with E-state index >= 15 is 0 Å². The van der Waals surface area contributed by atoms with E-state index in [4.69, 9.17) is 9.84 Å². The Bertz CT molecular complexity index is 2080. The summed E-state index contributed by atoms with van der Waals surface area (Å²) in [6, 6.07) is 19.1. The van der Waals surface area contributed by atoms with Crippen LogP contribution in [-0.4, -0.2) is 30.8 Å². The smallest absolute Gasteiger partial charge is 0.324 e. The van der Waals surface area contributed by atoms with Crippen LogP contribution < -0.4 is 20.7 Å². The van der Waals surface area contributed by atoms with Crippen molar-refractivity contribution in [3.63, 3.8) is 0 Å². The average Bonchev–Trinajstić information content (AvgIpc) is 3.68. The molecule has 11 heteroatoms. The van der Waals surface area contributed by atoms with Crippen LogP contribution in [0.25, 0.3) is 16.5 Å². The zero-order valence-corrected chi connectivity index (χ0v) is 27.6. The standard InChI is InChI=1S/C36H36N8O2S/c1-22-15-25(21-47-22)44-34(17-31(43-44)36(2,3)4)42-35(45)40-28-11-12-30(27-8-6-5-7-26(27)28)46-20-23-13-14-38-32(16-23)41-33-19-37-18-29(39-33)24-9-10-24/h5-8,11-19,21,24H,9-10,20H2,1-4H3,(H,38,39,41)(H2,40,42,45). The predicted octanol–water partition coefficient (Wildman–Crippen LogP) is 8.72. The van der Waals surface area contributed by atoms with E-state index in [0.717, 1.165) is 33.4 Å². The first-order valence-electron chi connectivity index (χ1n) is 15.6. The molecule has 0 atom stereocenters. The number of pyridine rings is 1. The Morgan fingerprint density at radius 2 is 1.83 bits per heavy atom. The van der Waals surface area contributed by atoms with Crippen LogP contribution in [0.15, 0.2) is 84.6 Å². The van der Waals surface area contributed by atoms with E-state index in [0.29, 0.717) is 41.4 Å². The lowest BCUT2D eigenvalue weighted by atomic mass is 9.92. The van der Waals surface area contributed by atoms with Crippen molar-refractivity contribution in [3.8, 4) is 11.4 Å². The molecule has 0 bridgehead atoms. The third kappa shape index (κ3) is 6.95. The summed E-state index contributed by atoms with van der Waals surface area (Å²) in [5.74, 6) is 3.19. The summed E-state index contributed by atoms with van der Waals surface area (Å²) in [5.41, 5.74) is 4.26. The van der Waals surface area contributed by atoms with Crippen molar-refractivity contribution >= 4 is 51.3 Å². The third-order valence-corrected chi connectivity index (χ3v) is 8.79. The van der Waals surface area contributed by atoms with Crippen LogP contribution >= 0.6 is 11.3 Å². The molecule has 0 saturated heterocycles. The Morgan fingerprint density at radius 3 is 2.60 bits per heavy atom. The molecule has 1 saturated carbocycles. The van der Waals surface area contributed by atoms with Gasteiger partial charge < -0.3 is 15.4 Å². The summed E-state index contributed by atoms with van der Waals surface area (Å²) in [6.07, 6.45) is 7.63. The summed E-state index contributed by atoms with van der Waals surface area (Å²) in [6.45, 7) is 8.70. The Kier molecular flexibility index (Phi) is 8.07. The van der Waals surface area contributed by atoms with Gasteiger partial charge in [-0.25, -0.2) is 19.4 Å². The Balaban J connectivity index is 1.06. The molecule has 7 rings (SSSR count). The SMILES string of the molecule is Cc1cc(-n2nc(C(C)(C)C)cc2NC(=O)Nc2ccc(OCc3ccnc(Nc4cncc(C5CC5)n4)c3)c3ccccc23)cs1. The number of aromatic nitrogens is 5. The monoisotopic (exact) mass is 644 g/mol. The van der Waals surface area contributed by atoms with E-state index < -0.39 is 0 Å². The van der Waals surface area contributed by atoms with Crippen LogP contribution in [0.4, 0.5) is 27.9 Å². The minimum Gasteiger partial charge on any atom is -0.488 e. The molecule has 0 aliphatic heterocycles. The second kappa shape index (κ2) is 12.5. The van der Waals surface area contributed by atoms with Crippen LogP contribution in [-0.2, 0) is 12.0 Å². The first-order valence-corrected chi connectivity index (χ1v) is 16.5. The maximum absolute atomic E-state index is 13.4. The highest BCUT2D eigenvalue weighted by Gasteiger charge is 2.25. The van der Waals surface area contributed by atoms with Crippen LogP contribution in [0.3, 0.4) is 0 Å². The highest BCUT2D eigenvalue weighted by Crippen LogP contribution is 2.39. The van der Waals surface area contributed by atoms with Gasteiger partial charge in [0.2, 0.25) is 0 Å². The lowest BCUT2D eigenvalue weighted by molar-refractivity contribution is 0.262. The highest BCUT2D eigenvalue weighted by atomic mass is 32.1. The molecule has 3 N–H and O–H groups in total. The van der Waals surface area contributed by atoms with Crippen molar-refractivity contribution in [2.45, 2.75) is 58.5 Å². The fourth-order valence-corrected chi connectivity index (χ4v) is 5.96. The highest BCUT2D eigenvalue weighted by molar-refractivity contribution is 7.10. The molecule has 10 nitrogen and oxygen atoms in total. The minimum absolute atomic E-state index is 0.181. The van der Waals surface area contributed by atoms with Crippen molar-refractivity contribution < 1.29 is 9.53 Å². The second-order valence-corrected chi connectivity index (χ2v) is 13.9. The summed E-state index contributed by atoms with van der Waals surface area (Å²) in [4.78, 5) is 28.0. The van der Waals surface area contributed by atoms with Crippen molar-refractivity contribution in [2.75, 3.05) is 16.0 Å². The van der Waals surface area contributed by atoms with Gasteiger partial charge in [0.05, 0.1) is 29.0 Å². The quantitative estimate of drug-likeness (QED) is 0.144. The normalized spacial score (nSPS) is 13.0. The zero-order valence-electron chi connectivity index (χ0n) is 26.7. The Labute approximate surface area is 277 Å². The summed E-state index contributed by atoms with van der Waals surface area (Å²) < 4.78 is 8.09. The largest absolute Gasteiger partial charge is 0.488 e. The van der Waals surface area contributed by atoms with E-state index in [-0.39, 0.29) is 11.4 Å². The molecule has 4 heterocycles. The molecule has 1 fully saturated rings.